The lowest BCUT2D eigenvalue weighted by Crippen LogP contribution is -1.02. The Hall–Kier alpha value is 0.440. The summed E-state index contributed by atoms with van der Waals surface area (Å²) in [6.07, 6.45) is 0. The van der Waals surface area contributed by atoms with E-state index in [0.29, 0.717) is 0 Å². The van der Waals surface area contributed by atoms with Gasteiger partial charge in [0.1, 0.15) is 0 Å². The second kappa shape index (κ2) is 0.692. The van der Waals surface area contributed by atoms with Gasteiger partial charge in [0.25, 0.3) is 0 Å². The average molecular weight is 90.2 g/mol. The molecule has 0 unspecified atom stereocenters. The normalized spacial score (nSPS) is 21.5. The van der Waals surface area contributed by atoms with Gasteiger partial charge < -0.3 is 0 Å². The third-order valence-electron chi connectivity index (χ3n) is 0.201. The smallest absolute Gasteiger partial charge is 0.0555 e. The van der Waals surface area contributed by atoms with Crippen molar-refractivity contribution in [2.24, 2.45) is 0 Å². The minimum atomic E-state index is 1.25. The van der Waals surface area contributed by atoms with Crippen LogP contribution in [0.3, 0.4) is 0 Å². The topological polar surface area (TPSA) is 0 Å². The lowest BCUT2D eigenvalue weighted by molar-refractivity contribution is 2.62. The summed E-state index contributed by atoms with van der Waals surface area (Å²) in [6, 6.07) is 0. The van der Waals surface area contributed by atoms with Crippen molar-refractivity contribution >= 4 is 21.6 Å². The van der Waals surface area contributed by atoms with Crippen LogP contribution in [0.15, 0.2) is 10.8 Å². The van der Waals surface area contributed by atoms with E-state index in [1.54, 1.807) is 21.6 Å². The van der Waals surface area contributed by atoms with E-state index in [9.17, 15) is 0 Å². The van der Waals surface area contributed by atoms with Gasteiger partial charge in [-0.15, -0.1) is 0 Å². The molecular weight excluding hydrogens is 88.2 g/mol. The Morgan fingerprint density at radius 1 is 1.50 bits per heavy atom. The predicted octanol–water partition coefficient (Wildman–Crippen LogP) is 1.85. The summed E-state index contributed by atoms with van der Waals surface area (Å²) in [6.45, 7) is 3.59. The highest BCUT2D eigenvalue weighted by atomic mass is 33.2. The minimum Gasteiger partial charge on any atom is -0.0771 e. The third-order valence-corrected chi connectivity index (χ3v) is 1.81. The van der Waals surface area contributed by atoms with Gasteiger partial charge >= 0.3 is 0 Å². The van der Waals surface area contributed by atoms with Crippen LogP contribution < -0.4 is 0 Å². The Balaban J connectivity index is 2.60. The van der Waals surface area contributed by atoms with E-state index in [-0.39, 0.29) is 0 Å². The standard InChI is InChI=1S/C2H2S2/c1-2-3-4-2/h1H2. The highest BCUT2D eigenvalue weighted by molar-refractivity contribution is 8.96. The minimum absolute atomic E-state index is 1.25. The number of rotatable bonds is 0. The van der Waals surface area contributed by atoms with Crippen molar-refractivity contribution in [2.75, 3.05) is 0 Å². The van der Waals surface area contributed by atoms with Crippen LogP contribution in [0.5, 0.6) is 0 Å². The number of hydrogen-bond donors (Lipinski definition) is 0. The fourth-order valence-corrected chi connectivity index (χ4v) is 0.265. The summed E-state index contributed by atoms with van der Waals surface area (Å²) in [5.74, 6) is 0. The highest BCUT2D eigenvalue weighted by Gasteiger charge is 2.08. The molecule has 0 aromatic heterocycles. The first-order valence-corrected chi connectivity index (χ1v) is 3.08. The second-order valence-corrected chi connectivity index (χ2v) is 3.12. The van der Waals surface area contributed by atoms with Gasteiger partial charge in [0.15, 0.2) is 0 Å². The van der Waals surface area contributed by atoms with Gasteiger partial charge in [0, 0.05) is 0 Å². The third kappa shape index (κ3) is 0.428. The molecular formula is C2H2S2. The monoisotopic (exact) mass is 90.0 g/mol. The van der Waals surface area contributed by atoms with Crippen LogP contribution in [0, 0.1) is 0 Å². The fourth-order valence-electron chi connectivity index (χ4n) is 0.0295. The molecule has 0 aliphatic carbocycles. The first-order chi connectivity index (χ1) is 1.89. The van der Waals surface area contributed by atoms with E-state index in [4.69, 9.17) is 0 Å². The van der Waals surface area contributed by atoms with E-state index in [2.05, 4.69) is 6.58 Å². The fraction of sp³-hybridized carbons (Fsp3) is 0. The molecule has 1 fully saturated rings. The molecule has 0 aromatic carbocycles. The SMILES string of the molecule is C=C1SS1. The van der Waals surface area contributed by atoms with Crippen LogP contribution in [0.1, 0.15) is 0 Å². The van der Waals surface area contributed by atoms with E-state index in [1.807, 2.05) is 0 Å². The first-order valence-electron chi connectivity index (χ1n) is 0.928. The zero-order valence-electron chi connectivity index (χ0n) is 2.02. The molecule has 4 heavy (non-hydrogen) atoms. The largest absolute Gasteiger partial charge is 0.0771 e. The maximum Gasteiger partial charge on any atom is 0.0555 e. The van der Waals surface area contributed by atoms with Gasteiger partial charge in [0.05, 0.1) is 4.24 Å². The van der Waals surface area contributed by atoms with E-state index >= 15 is 0 Å². The molecule has 0 radical (unpaired) electrons. The molecule has 0 nitrogen and oxygen atoms in total. The van der Waals surface area contributed by atoms with Crippen molar-refractivity contribution in [3.8, 4) is 0 Å². The summed E-state index contributed by atoms with van der Waals surface area (Å²) in [7, 11) is 3.49. The van der Waals surface area contributed by atoms with Crippen LogP contribution in [0.2, 0.25) is 0 Å². The van der Waals surface area contributed by atoms with Gasteiger partial charge in [-0.05, 0) is 21.6 Å². The van der Waals surface area contributed by atoms with E-state index < -0.39 is 0 Å². The molecule has 1 aliphatic rings. The molecule has 1 saturated heterocycles. The Labute approximate surface area is 33.1 Å². The molecule has 0 aromatic rings. The van der Waals surface area contributed by atoms with Crippen molar-refractivity contribution in [3.63, 3.8) is 0 Å². The summed E-state index contributed by atoms with van der Waals surface area (Å²) in [5.41, 5.74) is 0. The van der Waals surface area contributed by atoms with Crippen molar-refractivity contribution < 1.29 is 0 Å². The van der Waals surface area contributed by atoms with Crippen LogP contribution in [0.25, 0.3) is 0 Å². The molecule has 0 saturated carbocycles. The molecule has 0 bridgehead atoms. The lowest BCUT2D eigenvalue weighted by Gasteiger charge is -1.27. The van der Waals surface area contributed by atoms with Crippen molar-refractivity contribution in [3.05, 3.63) is 10.8 Å². The molecule has 2 heteroatoms. The molecule has 0 N–H and O–H groups in total. The predicted molar refractivity (Wildman–Crippen MR) is 24.3 cm³/mol. The van der Waals surface area contributed by atoms with Crippen molar-refractivity contribution in [2.45, 2.75) is 0 Å². The van der Waals surface area contributed by atoms with Crippen molar-refractivity contribution in [1.29, 1.82) is 0 Å². The summed E-state index contributed by atoms with van der Waals surface area (Å²) < 4.78 is 1.25. The van der Waals surface area contributed by atoms with Gasteiger partial charge in [0.2, 0.25) is 0 Å². The van der Waals surface area contributed by atoms with Gasteiger partial charge in [-0.2, -0.15) is 0 Å². The molecule has 1 aliphatic heterocycles. The average Bonchev–Trinajstić information content (AvgIpc) is 1.75. The van der Waals surface area contributed by atoms with E-state index in [1.165, 1.54) is 4.24 Å². The Bertz CT molecular complexity index is 42.0. The van der Waals surface area contributed by atoms with Crippen LogP contribution in [0.4, 0.5) is 0 Å². The maximum absolute atomic E-state index is 3.59. The van der Waals surface area contributed by atoms with E-state index in [0.717, 1.165) is 0 Å². The zero-order chi connectivity index (χ0) is 2.99. The first kappa shape index (κ1) is 2.67. The van der Waals surface area contributed by atoms with Crippen molar-refractivity contribution in [1.82, 2.24) is 0 Å². The van der Waals surface area contributed by atoms with Crippen LogP contribution in [-0.4, -0.2) is 0 Å². The van der Waals surface area contributed by atoms with Gasteiger partial charge in [-0.25, -0.2) is 0 Å². The molecule has 1 heterocycles. The highest BCUT2D eigenvalue weighted by Crippen LogP contribution is 2.56. The molecule has 0 amide bonds. The number of hydrogen-bond acceptors (Lipinski definition) is 2. The quantitative estimate of drug-likeness (QED) is 0.329. The molecule has 22 valence electrons. The zero-order valence-corrected chi connectivity index (χ0v) is 3.66. The van der Waals surface area contributed by atoms with Gasteiger partial charge in [-0.3, -0.25) is 0 Å². The Morgan fingerprint density at radius 3 is 1.75 bits per heavy atom. The summed E-state index contributed by atoms with van der Waals surface area (Å²) in [4.78, 5) is 0. The summed E-state index contributed by atoms with van der Waals surface area (Å²) in [5, 5.41) is 0. The Kier molecular flexibility index (Phi) is 0.461. The van der Waals surface area contributed by atoms with Crippen LogP contribution in [-0.2, 0) is 0 Å². The Morgan fingerprint density at radius 2 is 1.75 bits per heavy atom. The van der Waals surface area contributed by atoms with Crippen LogP contribution >= 0.6 is 21.6 Å². The summed E-state index contributed by atoms with van der Waals surface area (Å²) >= 11 is 0. The second-order valence-electron chi connectivity index (χ2n) is 0.539. The maximum atomic E-state index is 3.59. The molecule has 0 spiro atoms. The molecule has 0 atom stereocenters. The molecule has 1 rings (SSSR count). The lowest BCUT2D eigenvalue weighted by atomic mass is 11.3. The van der Waals surface area contributed by atoms with Gasteiger partial charge in [-0.1, -0.05) is 6.58 Å².